The van der Waals surface area contributed by atoms with Crippen molar-refractivity contribution in [2.24, 2.45) is 5.73 Å². The largest absolute Gasteiger partial charge is 0.457 e. The second kappa shape index (κ2) is 6.78. The number of rotatable bonds is 5. The van der Waals surface area contributed by atoms with Gasteiger partial charge in [0.1, 0.15) is 11.5 Å². The average molecular weight is 290 g/mol. The minimum Gasteiger partial charge on any atom is -0.457 e. The summed E-state index contributed by atoms with van der Waals surface area (Å²) in [5.74, 6) is 1.60. The third kappa shape index (κ3) is 3.99. The van der Waals surface area contributed by atoms with E-state index in [1.807, 2.05) is 37.3 Å². The molecule has 20 heavy (non-hydrogen) atoms. The van der Waals surface area contributed by atoms with Gasteiger partial charge in [-0.2, -0.15) is 0 Å². The first kappa shape index (κ1) is 14.9. The van der Waals surface area contributed by atoms with Gasteiger partial charge in [-0.05, 0) is 55.2 Å². The lowest BCUT2D eigenvalue weighted by Crippen LogP contribution is -2.21. The predicted octanol–water partition coefficient (Wildman–Crippen LogP) is 4.72. The van der Waals surface area contributed by atoms with Crippen LogP contribution in [0.15, 0.2) is 42.5 Å². The number of ether oxygens (including phenoxy) is 1. The molecule has 2 N–H and O–H groups in total. The molecule has 0 heterocycles. The molecular weight excluding hydrogens is 270 g/mol. The Morgan fingerprint density at radius 3 is 2.50 bits per heavy atom. The van der Waals surface area contributed by atoms with Crippen LogP contribution in [0.3, 0.4) is 0 Å². The van der Waals surface area contributed by atoms with Crippen LogP contribution in [-0.2, 0) is 6.42 Å². The third-order valence-corrected chi connectivity index (χ3v) is 3.56. The Labute approximate surface area is 125 Å². The summed E-state index contributed by atoms with van der Waals surface area (Å²) in [5.41, 5.74) is 8.25. The molecule has 106 valence electrons. The van der Waals surface area contributed by atoms with Crippen molar-refractivity contribution in [3.05, 3.63) is 58.6 Å². The maximum atomic E-state index is 5.99. The topological polar surface area (TPSA) is 35.2 Å². The van der Waals surface area contributed by atoms with Gasteiger partial charge in [-0.3, -0.25) is 0 Å². The third-order valence-electron chi connectivity index (χ3n) is 3.32. The highest BCUT2D eigenvalue weighted by molar-refractivity contribution is 6.30. The van der Waals surface area contributed by atoms with Crippen LogP contribution in [0.25, 0.3) is 0 Å². The lowest BCUT2D eigenvalue weighted by Gasteiger charge is -2.11. The van der Waals surface area contributed by atoms with E-state index in [0.717, 1.165) is 29.9 Å². The molecule has 0 amide bonds. The van der Waals surface area contributed by atoms with Crippen LogP contribution >= 0.6 is 11.6 Å². The molecule has 2 nitrogen and oxygen atoms in total. The highest BCUT2D eigenvalue weighted by Crippen LogP contribution is 2.28. The molecule has 0 bridgehead atoms. The zero-order chi connectivity index (χ0) is 14.5. The highest BCUT2D eigenvalue weighted by atomic mass is 35.5. The SMILES string of the molecule is CCC(N)Cc1ccc(Oc2cc(Cl)ccc2C)cc1. The van der Waals surface area contributed by atoms with Crippen LogP contribution in [0.2, 0.25) is 5.02 Å². The van der Waals surface area contributed by atoms with Crippen LogP contribution in [0.5, 0.6) is 11.5 Å². The van der Waals surface area contributed by atoms with Crippen molar-refractivity contribution >= 4 is 11.6 Å². The van der Waals surface area contributed by atoms with Crippen molar-refractivity contribution in [3.8, 4) is 11.5 Å². The summed E-state index contributed by atoms with van der Waals surface area (Å²) < 4.78 is 5.86. The number of nitrogens with two attached hydrogens (primary N) is 1. The fourth-order valence-electron chi connectivity index (χ4n) is 1.95. The molecule has 1 atom stereocenters. The second-order valence-corrected chi connectivity index (χ2v) is 5.46. The summed E-state index contributed by atoms with van der Waals surface area (Å²) >= 11 is 5.99. The summed E-state index contributed by atoms with van der Waals surface area (Å²) in [6, 6.07) is 13.9. The molecule has 0 fully saturated rings. The van der Waals surface area contributed by atoms with E-state index in [1.165, 1.54) is 5.56 Å². The van der Waals surface area contributed by atoms with Crippen molar-refractivity contribution < 1.29 is 4.74 Å². The smallest absolute Gasteiger partial charge is 0.131 e. The summed E-state index contributed by atoms with van der Waals surface area (Å²) in [4.78, 5) is 0. The Morgan fingerprint density at radius 1 is 1.15 bits per heavy atom. The molecule has 0 saturated heterocycles. The zero-order valence-electron chi connectivity index (χ0n) is 11.9. The number of halogens is 1. The van der Waals surface area contributed by atoms with Crippen molar-refractivity contribution in [2.45, 2.75) is 32.7 Å². The summed E-state index contributed by atoms with van der Waals surface area (Å²) in [5, 5.41) is 0.677. The van der Waals surface area contributed by atoms with Crippen molar-refractivity contribution in [1.82, 2.24) is 0 Å². The van der Waals surface area contributed by atoms with Crippen LogP contribution in [0.1, 0.15) is 24.5 Å². The monoisotopic (exact) mass is 289 g/mol. The molecule has 3 heteroatoms. The normalized spacial score (nSPS) is 12.2. The highest BCUT2D eigenvalue weighted by Gasteiger charge is 2.04. The molecule has 1 unspecified atom stereocenters. The number of aryl methyl sites for hydroxylation is 1. The average Bonchev–Trinajstić information content (AvgIpc) is 2.45. The van der Waals surface area contributed by atoms with Gasteiger partial charge in [0.15, 0.2) is 0 Å². The van der Waals surface area contributed by atoms with Gasteiger partial charge in [-0.25, -0.2) is 0 Å². The molecule has 2 rings (SSSR count). The molecule has 0 radical (unpaired) electrons. The van der Waals surface area contributed by atoms with E-state index in [0.29, 0.717) is 5.02 Å². The van der Waals surface area contributed by atoms with Crippen LogP contribution < -0.4 is 10.5 Å². The van der Waals surface area contributed by atoms with E-state index < -0.39 is 0 Å². The summed E-state index contributed by atoms with van der Waals surface area (Å²) in [7, 11) is 0. The van der Waals surface area contributed by atoms with Crippen LogP contribution in [0, 0.1) is 6.92 Å². The van der Waals surface area contributed by atoms with Gasteiger partial charge in [0, 0.05) is 11.1 Å². The molecular formula is C17H20ClNO. The van der Waals surface area contributed by atoms with Gasteiger partial charge in [0.2, 0.25) is 0 Å². The Balaban J connectivity index is 2.09. The van der Waals surface area contributed by atoms with Crippen LogP contribution in [0.4, 0.5) is 0 Å². The Hall–Kier alpha value is -1.51. The first-order chi connectivity index (χ1) is 9.58. The van der Waals surface area contributed by atoms with Gasteiger partial charge < -0.3 is 10.5 Å². The fraction of sp³-hybridized carbons (Fsp3) is 0.294. The Morgan fingerprint density at radius 2 is 1.85 bits per heavy atom. The number of benzene rings is 2. The van der Waals surface area contributed by atoms with Crippen molar-refractivity contribution in [3.63, 3.8) is 0 Å². The molecule has 0 aliphatic rings. The maximum absolute atomic E-state index is 5.99. The van der Waals surface area contributed by atoms with E-state index >= 15 is 0 Å². The van der Waals surface area contributed by atoms with E-state index in [2.05, 4.69) is 19.1 Å². The van der Waals surface area contributed by atoms with E-state index in [9.17, 15) is 0 Å². The standard InChI is InChI=1S/C17H20ClNO/c1-3-15(19)10-13-5-8-16(9-6-13)20-17-11-14(18)7-4-12(17)2/h4-9,11,15H,3,10,19H2,1-2H3. The molecule has 2 aromatic carbocycles. The van der Waals surface area contributed by atoms with Gasteiger partial charge >= 0.3 is 0 Å². The molecule has 0 saturated carbocycles. The van der Waals surface area contributed by atoms with Gasteiger partial charge in [-0.1, -0.05) is 36.7 Å². The summed E-state index contributed by atoms with van der Waals surface area (Å²) in [6.07, 6.45) is 1.88. The molecule has 2 aromatic rings. The van der Waals surface area contributed by atoms with E-state index in [4.69, 9.17) is 22.1 Å². The lowest BCUT2D eigenvalue weighted by atomic mass is 10.0. The van der Waals surface area contributed by atoms with Crippen LogP contribution in [-0.4, -0.2) is 6.04 Å². The van der Waals surface area contributed by atoms with Gasteiger partial charge in [0.05, 0.1) is 0 Å². The first-order valence-electron chi connectivity index (χ1n) is 6.87. The molecule has 0 aliphatic heterocycles. The first-order valence-corrected chi connectivity index (χ1v) is 7.25. The van der Waals surface area contributed by atoms with E-state index in [-0.39, 0.29) is 6.04 Å². The number of hydrogen-bond donors (Lipinski definition) is 1. The molecule has 0 aliphatic carbocycles. The van der Waals surface area contributed by atoms with Crippen molar-refractivity contribution in [1.29, 1.82) is 0 Å². The fourth-order valence-corrected chi connectivity index (χ4v) is 2.11. The zero-order valence-corrected chi connectivity index (χ0v) is 12.7. The lowest BCUT2D eigenvalue weighted by molar-refractivity contribution is 0.478. The Kier molecular flexibility index (Phi) is 5.05. The Bertz CT molecular complexity index is 566. The number of hydrogen-bond acceptors (Lipinski definition) is 2. The second-order valence-electron chi connectivity index (χ2n) is 5.03. The quantitative estimate of drug-likeness (QED) is 0.864. The minimum absolute atomic E-state index is 0.219. The molecule has 0 aromatic heterocycles. The minimum atomic E-state index is 0.219. The summed E-state index contributed by atoms with van der Waals surface area (Å²) in [6.45, 7) is 4.10. The van der Waals surface area contributed by atoms with Gasteiger partial charge in [-0.15, -0.1) is 0 Å². The van der Waals surface area contributed by atoms with Gasteiger partial charge in [0.25, 0.3) is 0 Å². The van der Waals surface area contributed by atoms with E-state index in [1.54, 1.807) is 0 Å². The maximum Gasteiger partial charge on any atom is 0.131 e. The molecule has 0 spiro atoms. The van der Waals surface area contributed by atoms with Crippen molar-refractivity contribution in [2.75, 3.05) is 0 Å². The predicted molar refractivity (Wildman–Crippen MR) is 84.7 cm³/mol.